The molecule has 0 aromatic heterocycles. The van der Waals surface area contributed by atoms with Crippen molar-refractivity contribution in [2.24, 2.45) is 0 Å². The maximum atomic E-state index is 2.59. The van der Waals surface area contributed by atoms with Crippen LogP contribution in [0.15, 0.2) is 24.3 Å². The summed E-state index contributed by atoms with van der Waals surface area (Å²) in [6.45, 7) is 6.95. The van der Waals surface area contributed by atoms with Crippen LogP contribution in [0.1, 0.15) is 37.4 Å². The molecule has 1 aliphatic heterocycles. The Hall–Kier alpha value is -0.820. The normalized spacial score (nSPS) is 22.0. The third kappa shape index (κ3) is 1.57. The summed E-state index contributed by atoms with van der Waals surface area (Å²) in [7, 11) is 0. The van der Waals surface area contributed by atoms with Gasteiger partial charge in [0, 0.05) is 12.6 Å². The van der Waals surface area contributed by atoms with Crippen molar-refractivity contribution >= 4 is 0 Å². The third-order valence-electron chi connectivity index (χ3n) is 3.32. The van der Waals surface area contributed by atoms with E-state index < -0.39 is 0 Å². The fourth-order valence-corrected chi connectivity index (χ4v) is 2.56. The van der Waals surface area contributed by atoms with Gasteiger partial charge in [-0.1, -0.05) is 38.1 Å². The van der Waals surface area contributed by atoms with Crippen molar-refractivity contribution in [3.8, 4) is 0 Å². The summed E-state index contributed by atoms with van der Waals surface area (Å²) in [6, 6.07) is 9.56. The first-order valence-electron chi connectivity index (χ1n) is 5.68. The van der Waals surface area contributed by atoms with Crippen LogP contribution in [-0.4, -0.2) is 18.0 Å². The highest BCUT2D eigenvalue weighted by molar-refractivity contribution is 5.32. The van der Waals surface area contributed by atoms with E-state index in [0.29, 0.717) is 6.04 Å². The molecule has 1 heteroatoms. The van der Waals surface area contributed by atoms with E-state index in [1.54, 1.807) is 11.1 Å². The monoisotopic (exact) mass is 189 g/mol. The molecular formula is C13H19N. The van der Waals surface area contributed by atoms with Crippen molar-refractivity contribution in [1.29, 1.82) is 0 Å². The first-order chi connectivity index (χ1) is 6.86. The van der Waals surface area contributed by atoms with Gasteiger partial charge in [0.25, 0.3) is 0 Å². The predicted octanol–water partition coefficient (Wildman–Crippen LogP) is 3.02. The topological polar surface area (TPSA) is 3.24 Å². The Morgan fingerprint density at radius 3 is 2.79 bits per heavy atom. The first-order valence-corrected chi connectivity index (χ1v) is 5.68. The van der Waals surface area contributed by atoms with Crippen LogP contribution >= 0.6 is 0 Å². The lowest BCUT2D eigenvalue weighted by Gasteiger charge is -2.36. The van der Waals surface area contributed by atoms with Crippen LogP contribution in [0.3, 0.4) is 0 Å². The van der Waals surface area contributed by atoms with Gasteiger partial charge < -0.3 is 0 Å². The molecule has 1 heterocycles. The molecule has 1 atom stereocenters. The second-order valence-corrected chi connectivity index (χ2v) is 4.00. The van der Waals surface area contributed by atoms with E-state index in [1.807, 2.05) is 0 Å². The van der Waals surface area contributed by atoms with Gasteiger partial charge in [0.2, 0.25) is 0 Å². The van der Waals surface area contributed by atoms with Gasteiger partial charge >= 0.3 is 0 Å². The van der Waals surface area contributed by atoms with Gasteiger partial charge in [0.15, 0.2) is 0 Å². The molecule has 14 heavy (non-hydrogen) atoms. The summed E-state index contributed by atoms with van der Waals surface area (Å²) in [5.41, 5.74) is 3.12. The van der Waals surface area contributed by atoms with E-state index in [-0.39, 0.29) is 0 Å². The van der Waals surface area contributed by atoms with Gasteiger partial charge in [-0.15, -0.1) is 0 Å². The summed E-state index contributed by atoms with van der Waals surface area (Å²) in [6.07, 6.45) is 2.45. The van der Waals surface area contributed by atoms with Crippen molar-refractivity contribution < 1.29 is 0 Å². The maximum Gasteiger partial charge on any atom is 0.0348 e. The van der Waals surface area contributed by atoms with Crippen LogP contribution in [0.5, 0.6) is 0 Å². The molecule has 0 saturated carbocycles. The average Bonchev–Trinajstić information content (AvgIpc) is 2.27. The average molecular weight is 189 g/mol. The van der Waals surface area contributed by atoms with Crippen molar-refractivity contribution in [2.45, 2.75) is 32.7 Å². The highest BCUT2D eigenvalue weighted by atomic mass is 15.2. The summed E-state index contributed by atoms with van der Waals surface area (Å²) < 4.78 is 0. The number of fused-ring (bicyclic) bond motifs is 1. The lowest BCUT2D eigenvalue weighted by atomic mass is 9.91. The quantitative estimate of drug-likeness (QED) is 0.691. The highest BCUT2D eigenvalue weighted by Gasteiger charge is 2.23. The third-order valence-corrected chi connectivity index (χ3v) is 3.32. The molecule has 76 valence electrons. The van der Waals surface area contributed by atoms with Crippen molar-refractivity contribution in [3.05, 3.63) is 35.4 Å². The van der Waals surface area contributed by atoms with Crippen LogP contribution in [0.25, 0.3) is 0 Å². The smallest absolute Gasteiger partial charge is 0.0348 e. The van der Waals surface area contributed by atoms with Gasteiger partial charge in [0.05, 0.1) is 0 Å². The number of likely N-dealkylation sites (N-methyl/N-ethyl adjacent to an activating group) is 1. The molecule has 1 nitrogen and oxygen atoms in total. The van der Waals surface area contributed by atoms with E-state index in [1.165, 1.54) is 25.9 Å². The molecular weight excluding hydrogens is 170 g/mol. The molecule has 1 aliphatic rings. The molecule has 0 saturated heterocycles. The Labute approximate surface area is 86.7 Å². The lowest BCUT2D eigenvalue weighted by Crippen LogP contribution is -2.34. The molecule has 0 N–H and O–H groups in total. The lowest BCUT2D eigenvalue weighted by molar-refractivity contribution is 0.190. The van der Waals surface area contributed by atoms with E-state index >= 15 is 0 Å². The minimum atomic E-state index is 0.657. The second kappa shape index (κ2) is 4.14. The van der Waals surface area contributed by atoms with Gasteiger partial charge in [0.1, 0.15) is 0 Å². The van der Waals surface area contributed by atoms with Gasteiger partial charge in [-0.3, -0.25) is 4.90 Å². The Bertz CT molecular complexity index is 306. The predicted molar refractivity (Wildman–Crippen MR) is 60.4 cm³/mol. The zero-order valence-electron chi connectivity index (χ0n) is 9.16. The first kappa shape index (κ1) is 9.72. The number of benzene rings is 1. The van der Waals surface area contributed by atoms with E-state index in [9.17, 15) is 0 Å². The maximum absolute atomic E-state index is 2.59. The van der Waals surface area contributed by atoms with Crippen molar-refractivity contribution in [2.75, 3.05) is 13.1 Å². The van der Waals surface area contributed by atoms with E-state index in [4.69, 9.17) is 0 Å². The molecule has 0 aliphatic carbocycles. The van der Waals surface area contributed by atoms with Crippen molar-refractivity contribution in [1.82, 2.24) is 4.90 Å². The Morgan fingerprint density at radius 2 is 2.07 bits per heavy atom. The molecule has 0 bridgehead atoms. The van der Waals surface area contributed by atoms with E-state index in [2.05, 4.69) is 43.0 Å². The molecule has 1 aromatic rings. The van der Waals surface area contributed by atoms with Gasteiger partial charge in [-0.05, 0) is 30.5 Å². The Kier molecular flexibility index (Phi) is 2.87. The fraction of sp³-hybridized carbons (Fsp3) is 0.538. The second-order valence-electron chi connectivity index (χ2n) is 4.00. The molecule has 1 aromatic carbocycles. The van der Waals surface area contributed by atoms with E-state index in [0.717, 1.165) is 0 Å². The number of nitrogens with zero attached hydrogens (tertiary/aromatic N) is 1. The molecule has 0 fully saturated rings. The Balaban J connectivity index is 2.34. The minimum absolute atomic E-state index is 0.657. The number of hydrogen-bond donors (Lipinski definition) is 0. The molecule has 0 unspecified atom stereocenters. The SMILES string of the molecule is CC[C@@H]1c2ccccc2CCN1CC. The molecule has 0 radical (unpaired) electrons. The number of hydrogen-bond acceptors (Lipinski definition) is 1. The highest BCUT2D eigenvalue weighted by Crippen LogP contribution is 2.31. The van der Waals surface area contributed by atoms with Crippen LogP contribution in [0.2, 0.25) is 0 Å². The van der Waals surface area contributed by atoms with Gasteiger partial charge in [-0.25, -0.2) is 0 Å². The van der Waals surface area contributed by atoms with Crippen LogP contribution in [0.4, 0.5) is 0 Å². The van der Waals surface area contributed by atoms with Crippen LogP contribution in [0, 0.1) is 0 Å². The van der Waals surface area contributed by atoms with Crippen molar-refractivity contribution in [3.63, 3.8) is 0 Å². The largest absolute Gasteiger partial charge is 0.296 e. The van der Waals surface area contributed by atoms with Crippen LogP contribution < -0.4 is 0 Å². The minimum Gasteiger partial charge on any atom is -0.296 e. The zero-order chi connectivity index (χ0) is 9.97. The summed E-state index contributed by atoms with van der Waals surface area (Å²) in [5.74, 6) is 0. The molecule has 2 rings (SSSR count). The Morgan fingerprint density at radius 1 is 1.29 bits per heavy atom. The molecule has 0 amide bonds. The summed E-state index contributed by atoms with van der Waals surface area (Å²) >= 11 is 0. The summed E-state index contributed by atoms with van der Waals surface area (Å²) in [4.78, 5) is 2.59. The number of rotatable bonds is 2. The van der Waals surface area contributed by atoms with Gasteiger partial charge in [-0.2, -0.15) is 0 Å². The summed E-state index contributed by atoms with van der Waals surface area (Å²) in [5, 5.41) is 0. The fourth-order valence-electron chi connectivity index (χ4n) is 2.56. The zero-order valence-corrected chi connectivity index (χ0v) is 9.16. The molecule has 0 spiro atoms. The standard InChI is InChI=1S/C13H19N/c1-3-13-12-8-6-5-7-11(12)9-10-14(13)4-2/h5-8,13H,3-4,9-10H2,1-2H3/t13-/m1/s1. The van der Waals surface area contributed by atoms with Crippen LogP contribution in [-0.2, 0) is 6.42 Å².